The van der Waals surface area contributed by atoms with Crippen LogP contribution < -0.4 is 5.73 Å². The minimum absolute atomic E-state index is 0.397. The summed E-state index contributed by atoms with van der Waals surface area (Å²) in [5, 5.41) is 13.4. The number of rotatable bonds is 1. The summed E-state index contributed by atoms with van der Waals surface area (Å²) < 4.78 is 1.83. The fourth-order valence-electron chi connectivity index (χ4n) is 2.45. The molecule has 0 aliphatic rings. The van der Waals surface area contributed by atoms with E-state index in [0.717, 1.165) is 22.3 Å². The van der Waals surface area contributed by atoms with Gasteiger partial charge in [-0.1, -0.05) is 18.2 Å². The Morgan fingerprint density at radius 2 is 2.05 bits per heavy atom. The van der Waals surface area contributed by atoms with Gasteiger partial charge in [-0.2, -0.15) is 10.2 Å². The van der Waals surface area contributed by atoms with Gasteiger partial charge in [0.15, 0.2) is 5.65 Å². The van der Waals surface area contributed by atoms with E-state index >= 15 is 0 Å². The maximum Gasteiger partial charge on any atom is 0.186 e. The first-order valence-electron chi connectivity index (χ1n) is 6.12. The van der Waals surface area contributed by atoms with Gasteiger partial charge < -0.3 is 5.73 Å². The van der Waals surface area contributed by atoms with Crippen LogP contribution in [0.1, 0.15) is 0 Å². The summed E-state index contributed by atoms with van der Waals surface area (Å²) >= 11 is 0. The number of hydrogen-bond acceptors (Lipinski definition) is 5. The van der Waals surface area contributed by atoms with Crippen LogP contribution in [0.5, 0.6) is 0 Å². The molecule has 0 saturated carbocycles. The molecule has 98 valence electrons. The van der Waals surface area contributed by atoms with Gasteiger partial charge in [0.2, 0.25) is 0 Å². The summed E-state index contributed by atoms with van der Waals surface area (Å²) in [4.78, 5) is 8.13. The lowest BCUT2D eigenvalue weighted by molar-refractivity contribution is 0.799. The third-order valence-corrected chi connectivity index (χ3v) is 3.37. The molecule has 0 bridgehead atoms. The number of H-pyrrole nitrogens is 1. The number of aromatic nitrogens is 6. The molecule has 0 spiro atoms. The van der Waals surface area contributed by atoms with E-state index in [-0.39, 0.29) is 0 Å². The fraction of sp³-hybridized carbons (Fsp3) is 0.0769. The monoisotopic (exact) mass is 265 g/mol. The van der Waals surface area contributed by atoms with Crippen molar-refractivity contribution in [3.63, 3.8) is 0 Å². The normalized spacial score (nSPS) is 11.4. The number of nitrogens with one attached hydrogen (secondary N) is 1. The second-order valence-corrected chi connectivity index (χ2v) is 4.55. The Bertz CT molecular complexity index is 934. The Kier molecular flexibility index (Phi) is 2.06. The Labute approximate surface area is 113 Å². The lowest BCUT2D eigenvalue weighted by Gasteiger charge is -1.97. The molecule has 0 radical (unpaired) electrons. The third-order valence-electron chi connectivity index (χ3n) is 3.37. The predicted molar refractivity (Wildman–Crippen MR) is 75.8 cm³/mol. The van der Waals surface area contributed by atoms with Crippen molar-refractivity contribution < 1.29 is 0 Å². The SMILES string of the molecule is Cn1nc(-c2[nH]nc3ncnc(N)c23)c2ccccc21. The second-order valence-electron chi connectivity index (χ2n) is 4.55. The molecule has 4 aromatic rings. The second kappa shape index (κ2) is 3.77. The highest BCUT2D eigenvalue weighted by atomic mass is 15.3. The number of nitrogens with two attached hydrogens (primary N) is 1. The van der Waals surface area contributed by atoms with Crippen LogP contribution in [-0.4, -0.2) is 29.9 Å². The number of nitrogens with zero attached hydrogens (tertiary/aromatic N) is 5. The topological polar surface area (TPSA) is 98.3 Å². The molecule has 7 heteroatoms. The highest BCUT2D eigenvalue weighted by molar-refractivity contribution is 6.03. The van der Waals surface area contributed by atoms with E-state index in [4.69, 9.17) is 5.73 Å². The molecular weight excluding hydrogens is 254 g/mol. The lowest BCUT2D eigenvalue weighted by Crippen LogP contribution is -1.93. The summed E-state index contributed by atoms with van der Waals surface area (Å²) in [6.07, 6.45) is 1.40. The molecule has 3 aromatic heterocycles. The van der Waals surface area contributed by atoms with Crippen LogP contribution in [0.4, 0.5) is 5.82 Å². The third kappa shape index (κ3) is 1.34. The van der Waals surface area contributed by atoms with Crippen LogP contribution in [0.2, 0.25) is 0 Å². The molecular formula is C13H11N7. The number of aryl methyl sites for hydroxylation is 1. The fourth-order valence-corrected chi connectivity index (χ4v) is 2.45. The number of hydrogen-bond donors (Lipinski definition) is 2. The Balaban J connectivity index is 2.12. The van der Waals surface area contributed by atoms with Crippen molar-refractivity contribution in [2.75, 3.05) is 5.73 Å². The molecule has 3 N–H and O–H groups in total. The van der Waals surface area contributed by atoms with E-state index in [2.05, 4.69) is 25.3 Å². The highest BCUT2D eigenvalue weighted by Gasteiger charge is 2.17. The summed E-state index contributed by atoms with van der Waals surface area (Å²) in [7, 11) is 1.91. The minimum Gasteiger partial charge on any atom is -0.383 e. The minimum atomic E-state index is 0.397. The van der Waals surface area contributed by atoms with Crippen molar-refractivity contribution in [2.24, 2.45) is 7.05 Å². The van der Waals surface area contributed by atoms with Gasteiger partial charge in [-0.25, -0.2) is 9.97 Å². The summed E-state index contributed by atoms with van der Waals surface area (Å²) in [6.45, 7) is 0. The summed E-state index contributed by atoms with van der Waals surface area (Å²) in [6, 6.07) is 8.00. The van der Waals surface area contributed by atoms with Gasteiger partial charge in [0, 0.05) is 12.4 Å². The Morgan fingerprint density at radius 3 is 2.95 bits per heavy atom. The molecule has 1 aromatic carbocycles. The smallest absolute Gasteiger partial charge is 0.186 e. The van der Waals surface area contributed by atoms with Crippen LogP contribution in [0, 0.1) is 0 Å². The Hall–Kier alpha value is -2.96. The standard InChI is InChI=1S/C13H11N7/c1-20-8-5-3-2-4-7(8)10(19-20)11-9-12(14)15-6-16-13(9)18-17-11/h2-6H,1H3,(H3,14,15,16,17,18). The molecule has 4 rings (SSSR count). The molecule has 0 saturated heterocycles. The lowest BCUT2D eigenvalue weighted by atomic mass is 10.1. The van der Waals surface area contributed by atoms with Crippen molar-refractivity contribution in [1.29, 1.82) is 0 Å². The van der Waals surface area contributed by atoms with Gasteiger partial charge in [-0.15, -0.1) is 0 Å². The van der Waals surface area contributed by atoms with Crippen LogP contribution >= 0.6 is 0 Å². The van der Waals surface area contributed by atoms with Crippen LogP contribution in [0.25, 0.3) is 33.3 Å². The first-order chi connectivity index (χ1) is 9.75. The molecule has 0 fully saturated rings. The van der Waals surface area contributed by atoms with Crippen LogP contribution in [-0.2, 0) is 7.05 Å². The van der Waals surface area contributed by atoms with Gasteiger partial charge in [-0.05, 0) is 6.07 Å². The number of para-hydroxylation sites is 1. The average Bonchev–Trinajstić information content (AvgIpc) is 3.02. The highest BCUT2D eigenvalue weighted by Crippen LogP contribution is 2.32. The summed E-state index contributed by atoms with van der Waals surface area (Å²) in [5.41, 5.74) is 9.07. The van der Waals surface area contributed by atoms with E-state index in [1.807, 2.05) is 36.0 Å². The molecule has 0 atom stereocenters. The van der Waals surface area contributed by atoms with Crippen molar-refractivity contribution in [1.82, 2.24) is 29.9 Å². The zero-order chi connectivity index (χ0) is 13.7. The van der Waals surface area contributed by atoms with Crippen molar-refractivity contribution in [3.05, 3.63) is 30.6 Å². The summed E-state index contributed by atoms with van der Waals surface area (Å²) in [5.74, 6) is 0.397. The largest absolute Gasteiger partial charge is 0.383 e. The van der Waals surface area contributed by atoms with Gasteiger partial charge in [0.25, 0.3) is 0 Å². The quantitative estimate of drug-likeness (QED) is 0.543. The van der Waals surface area contributed by atoms with E-state index in [1.165, 1.54) is 6.33 Å². The van der Waals surface area contributed by atoms with E-state index < -0.39 is 0 Å². The van der Waals surface area contributed by atoms with Crippen molar-refractivity contribution in [3.8, 4) is 11.4 Å². The number of anilines is 1. The molecule has 0 aliphatic carbocycles. The van der Waals surface area contributed by atoms with Crippen LogP contribution in [0.3, 0.4) is 0 Å². The van der Waals surface area contributed by atoms with E-state index in [0.29, 0.717) is 16.9 Å². The predicted octanol–water partition coefficient (Wildman–Crippen LogP) is 1.49. The zero-order valence-corrected chi connectivity index (χ0v) is 10.7. The van der Waals surface area contributed by atoms with Gasteiger partial charge in [0.1, 0.15) is 17.8 Å². The molecule has 7 nitrogen and oxygen atoms in total. The first kappa shape index (κ1) is 10.9. The molecule has 0 unspecified atom stereocenters. The van der Waals surface area contributed by atoms with E-state index in [1.54, 1.807) is 0 Å². The Morgan fingerprint density at radius 1 is 1.20 bits per heavy atom. The zero-order valence-electron chi connectivity index (χ0n) is 10.7. The van der Waals surface area contributed by atoms with Gasteiger partial charge in [0.05, 0.1) is 16.6 Å². The number of aromatic amines is 1. The van der Waals surface area contributed by atoms with Gasteiger partial charge in [-0.3, -0.25) is 9.78 Å². The van der Waals surface area contributed by atoms with Gasteiger partial charge >= 0.3 is 0 Å². The molecule has 3 heterocycles. The first-order valence-corrected chi connectivity index (χ1v) is 6.12. The maximum absolute atomic E-state index is 5.94. The number of nitrogen functional groups attached to an aromatic ring is 1. The van der Waals surface area contributed by atoms with E-state index in [9.17, 15) is 0 Å². The van der Waals surface area contributed by atoms with Crippen molar-refractivity contribution in [2.45, 2.75) is 0 Å². The van der Waals surface area contributed by atoms with Crippen molar-refractivity contribution >= 4 is 27.8 Å². The number of benzene rings is 1. The molecule has 0 amide bonds. The molecule has 0 aliphatic heterocycles. The maximum atomic E-state index is 5.94. The van der Waals surface area contributed by atoms with Crippen LogP contribution in [0.15, 0.2) is 30.6 Å². The number of fused-ring (bicyclic) bond motifs is 2. The average molecular weight is 265 g/mol. The molecule has 20 heavy (non-hydrogen) atoms.